The molecule has 5 N–H and O–H groups in total. The van der Waals surface area contributed by atoms with E-state index in [-0.39, 0.29) is 30.5 Å². The number of fused-ring (bicyclic) bond motifs is 1. The first-order valence-electron chi connectivity index (χ1n) is 10.1. The van der Waals surface area contributed by atoms with E-state index in [4.69, 9.17) is 16.2 Å². The number of primary amides is 1. The zero-order valence-electron chi connectivity index (χ0n) is 17.4. The number of carbonyl (C=O) groups is 1. The average Bonchev–Trinajstić information content (AvgIpc) is 2.68. The van der Waals surface area contributed by atoms with Gasteiger partial charge in [-0.2, -0.15) is 0 Å². The summed E-state index contributed by atoms with van der Waals surface area (Å²) < 4.78 is 6.75. The minimum absolute atomic E-state index is 0.0521. The number of carbonyl (C=O) groups excluding carboxylic acids is 1. The molecule has 1 saturated carbocycles. The SMILES string of the molecule is COCC(C)(O)C#CCc1ccc2c(=O)c(C(N)=O)c(N)n(C3CCCCC3)c2n1. The standard InChI is InChI=1S/C22H28N4O4/c1-22(29,13-30-2)12-6-7-14-10-11-16-18(27)17(20(24)28)19(23)26(21(16)25-14)15-8-4-3-5-9-15/h10-11,15,29H,3-5,7-9,13,23H2,1-2H3,(H2,24,28). The lowest BCUT2D eigenvalue weighted by Gasteiger charge is -2.28. The number of nitrogens with zero attached hydrogens (tertiary/aromatic N) is 2. The number of aliphatic hydroxyl groups is 1. The number of methoxy groups -OCH3 is 1. The smallest absolute Gasteiger partial charge is 0.256 e. The fourth-order valence-electron chi connectivity index (χ4n) is 4.02. The van der Waals surface area contributed by atoms with Crippen LogP contribution < -0.4 is 16.9 Å². The quantitative estimate of drug-likeness (QED) is 0.638. The number of anilines is 1. The van der Waals surface area contributed by atoms with Crippen LogP contribution in [0.5, 0.6) is 0 Å². The molecule has 0 bridgehead atoms. The summed E-state index contributed by atoms with van der Waals surface area (Å²) in [6.07, 6.45) is 5.31. The van der Waals surface area contributed by atoms with E-state index in [0.29, 0.717) is 16.7 Å². The molecule has 0 aliphatic heterocycles. The highest BCUT2D eigenvalue weighted by molar-refractivity contribution is 6.00. The summed E-state index contributed by atoms with van der Waals surface area (Å²) in [4.78, 5) is 29.4. The van der Waals surface area contributed by atoms with Gasteiger partial charge >= 0.3 is 0 Å². The molecule has 1 fully saturated rings. The van der Waals surface area contributed by atoms with Gasteiger partial charge in [0.25, 0.3) is 5.91 Å². The molecule has 1 amide bonds. The lowest BCUT2D eigenvalue weighted by Crippen LogP contribution is -2.30. The second kappa shape index (κ2) is 8.86. The van der Waals surface area contributed by atoms with E-state index < -0.39 is 16.9 Å². The van der Waals surface area contributed by atoms with Crippen LogP contribution in [0.4, 0.5) is 5.82 Å². The van der Waals surface area contributed by atoms with Gasteiger partial charge in [0.1, 0.15) is 22.6 Å². The summed E-state index contributed by atoms with van der Waals surface area (Å²) in [6, 6.07) is 3.38. The van der Waals surface area contributed by atoms with Crippen LogP contribution in [0.15, 0.2) is 16.9 Å². The van der Waals surface area contributed by atoms with E-state index >= 15 is 0 Å². The maximum absolute atomic E-state index is 12.8. The van der Waals surface area contributed by atoms with Crippen LogP contribution in [0.2, 0.25) is 0 Å². The van der Waals surface area contributed by atoms with Gasteiger partial charge in [-0.25, -0.2) is 4.98 Å². The molecule has 8 heteroatoms. The highest BCUT2D eigenvalue weighted by Crippen LogP contribution is 2.33. The molecule has 0 spiro atoms. The number of hydrogen-bond donors (Lipinski definition) is 3. The number of nitrogen functional groups attached to an aromatic ring is 1. The van der Waals surface area contributed by atoms with Gasteiger partial charge in [0.2, 0.25) is 5.43 Å². The topological polar surface area (TPSA) is 133 Å². The Balaban J connectivity index is 2.11. The van der Waals surface area contributed by atoms with Crippen LogP contribution >= 0.6 is 0 Å². The van der Waals surface area contributed by atoms with Crippen LogP contribution in [0, 0.1) is 11.8 Å². The van der Waals surface area contributed by atoms with Crippen LogP contribution in [0.1, 0.15) is 61.1 Å². The Morgan fingerprint density at radius 1 is 1.37 bits per heavy atom. The Kier molecular flexibility index (Phi) is 6.44. The van der Waals surface area contributed by atoms with Crippen molar-refractivity contribution in [3.8, 4) is 11.8 Å². The third-order valence-corrected chi connectivity index (χ3v) is 5.39. The molecule has 0 saturated heterocycles. The van der Waals surface area contributed by atoms with Gasteiger partial charge in [0.05, 0.1) is 24.1 Å². The molecule has 8 nitrogen and oxygen atoms in total. The Morgan fingerprint density at radius 2 is 2.07 bits per heavy atom. The zero-order valence-corrected chi connectivity index (χ0v) is 17.4. The van der Waals surface area contributed by atoms with E-state index in [1.54, 1.807) is 23.6 Å². The lowest BCUT2D eigenvalue weighted by atomic mass is 9.94. The van der Waals surface area contributed by atoms with Gasteiger partial charge in [-0.1, -0.05) is 31.1 Å². The van der Waals surface area contributed by atoms with Crippen molar-refractivity contribution in [1.29, 1.82) is 0 Å². The van der Waals surface area contributed by atoms with Gasteiger partial charge in [-0.15, -0.1) is 0 Å². The fraction of sp³-hybridized carbons (Fsp3) is 0.500. The Labute approximate surface area is 175 Å². The second-order valence-corrected chi connectivity index (χ2v) is 7.97. The highest BCUT2D eigenvalue weighted by atomic mass is 16.5. The van der Waals surface area contributed by atoms with Gasteiger partial charge in [0.15, 0.2) is 0 Å². The predicted octanol–water partition coefficient (Wildman–Crippen LogP) is 1.53. The maximum Gasteiger partial charge on any atom is 0.256 e. The lowest BCUT2D eigenvalue weighted by molar-refractivity contribution is 0.0274. The molecule has 1 unspecified atom stereocenters. The van der Waals surface area contributed by atoms with E-state index in [1.807, 2.05) is 0 Å². The van der Waals surface area contributed by atoms with Crippen LogP contribution in [0.3, 0.4) is 0 Å². The molecule has 0 aromatic carbocycles. The number of nitrogens with two attached hydrogens (primary N) is 2. The molecule has 3 rings (SSSR count). The minimum Gasteiger partial charge on any atom is -0.384 e. The zero-order chi connectivity index (χ0) is 21.9. The highest BCUT2D eigenvalue weighted by Gasteiger charge is 2.25. The minimum atomic E-state index is -1.25. The third-order valence-electron chi connectivity index (χ3n) is 5.39. The van der Waals surface area contributed by atoms with Gasteiger partial charge < -0.3 is 25.9 Å². The van der Waals surface area contributed by atoms with Crippen molar-refractivity contribution in [2.75, 3.05) is 19.5 Å². The molecular weight excluding hydrogens is 384 g/mol. The molecule has 1 atom stereocenters. The first-order chi connectivity index (χ1) is 14.2. The molecule has 0 radical (unpaired) electrons. The maximum atomic E-state index is 12.8. The summed E-state index contributed by atoms with van der Waals surface area (Å²) in [5, 5.41) is 10.4. The molecule has 1 aliphatic rings. The first kappa shape index (κ1) is 21.8. The molecule has 2 aromatic heterocycles. The number of pyridine rings is 2. The molecular formula is C22H28N4O4. The summed E-state index contributed by atoms with van der Waals surface area (Å²) >= 11 is 0. The van der Waals surface area contributed by atoms with Crippen molar-refractivity contribution in [3.05, 3.63) is 33.6 Å². The molecule has 160 valence electrons. The van der Waals surface area contributed by atoms with Crippen LogP contribution in [-0.4, -0.2) is 39.9 Å². The number of ether oxygens (including phenoxy) is 1. The first-order valence-corrected chi connectivity index (χ1v) is 10.1. The largest absolute Gasteiger partial charge is 0.384 e. The fourth-order valence-corrected chi connectivity index (χ4v) is 4.02. The van der Waals surface area contributed by atoms with Gasteiger partial charge in [-0.3, -0.25) is 9.59 Å². The number of hydrogen-bond acceptors (Lipinski definition) is 6. The van der Waals surface area contributed by atoms with E-state index in [2.05, 4.69) is 16.8 Å². The summed E-state index contributed by atoms with van der Waals surface area (Å²) in [5.74, 6) is 4.92. The van der Waals surface area contributed by atoms with E-state index in [0.717, 1.165) is 32.1 Å². The molecule has 2 aromatic rings. The summed E-state index contributed by atoms with van der Waals surface area (Å²) in [5.41, 5.74) is 10.9. The molecule has 2 heterocycles. The van der Waals surface area contributed by atoms with Crippen molar-refractivity contribution in [1.82, 2.24) is 9.55 Å². The number of aromatic nitrogens is 2. The van der Waals surface area contributed by atoms with Crippen molar-refractivity contribution >= 4 is 22.8 Å². The monoisotopic (exact) mass is 412 g/mol. The Hall–Kier alpha value is -2.89. The van der Waals surface area contributed by atoms with E-state index in [9.17, 15) is 14.7 Å². The predicted molar refractivity (Wildman–Crippen MR) is 115 cm³/mol. The normalized spacial score (nSPS) is 16.6. The van der Waals surface area contributed by atoms with Crippen LogP contribution in [-0.2, 0) is 11.2 Å². The van der Waals surface area contributed by atoms with Gasteiger partial charge in [0, 0.05) is 13.2 Å². The number of rotatable bonds is 5. The Bertz CT molecular complexity index is 1070. The Morgan fingerprint density at radius 3 is 2.70 bits per heavy atom. The summed E-state index contributed by atoms with van der Waals surface area (Å²) in [7, 11) is 1.50. The number of amides is 1. The van der Waals surface area contributed by atoms with Crippen molar-refractivity contribution < 1.29 is 14.6 Å². The summed E-state index contributed by atoms with van der Waals surface area (Å²) in [6.45, 7) is 1.67. The molecule has 1 aliphatic carbocycles. The second-order valence-electron chi connectivity index (χ2n) is 7.97. The van der Waals surface area contributed by atoms with Gasteiger partial charge in [-0.05, 0) is 31.9 Å². The van der Waals surface area contributed by atoms with Crippen molar-refractivity contribution in [2.45, 2.75) is 57.1 Å². The average molecular weight is 412 g/mol. The van der Waals surface area contributed by atoms with Crippen molar-refractivity contribution in [3.63, 3.8) is 0 Å². The van der Waals surface area contributed by atoms with E-state index in [1.165, 1.54) is 7.11 Å². The van der Waals surface area contributed by atoms with Crippen molar-refractivity contribution in [2.24, 2.45) is 5.73 Å². The van der Waals surface area contributed by atoms with Crippen LogP contribution in [0.25, 0.3) is 11.0 Å². The molecule has 30 heavy (non-hydrogen) atoms. The third kappa shape index (κ3) is 4.48.